The molecule has 1 aromatic heterocycles. The van der Waals surface area contributed by atoms with Gasteiger partial charge in [-0.1, -0.05) is 0 Å². The molecule has 0 bridgehead atoms. The van der Waals surface area contributed by atoms with Crippen LogP contribution in [0.15, 0.2) is 30.3 Å². The molecule has 3 rings (SSSR count). The monoisotopic (exact) mass is 1000 g/mol. The number of carbonyl (C=O) groups excluding carboxylic acids is 3. The van der Waals surface area contributed by atoms with E-state index in [2.05, 4.69) is 55.5 Å². The Kier molecular flexibility index (Phi) is 12.2. The third kappa shape index (κ3) is 9.13. The molecule has 214 valence electrons. The van der Waals surface area contributed by atoms with Gasteiger partial charge >= 0.3 is 11.9 Å². The molecule has 0 radical (unpaired) electrons. The van der Waals surface area contributed by atoms with Gasteiger partial charge < -0.3 is 34.8 Å². The minimum absolute atomic E-state index is 0.0565. The maximum atomic E-state index is 12.5. The van der Waals surface area contributed by atoms with Crippen molar-refractivity contribution in [1.29, 1.82) is 0 Å². The summed E-state index contributed by atoms with van der Waals surface area (Å²) in [6, 6.07) is 7.26. The second kappa shape index (κ2) is 14.9. The Morgan fingerprint density at radius 3 is 2.10 bits per heavy atom. The van der Waals surface area contributed by atoms with Gasteiger partial charge in [0.05, 0.1) is 21.4 Å². The van der Waals surface area contributed by atoms with Crippen molar-refractivity contribution >= 4 is 108 Å². The van der Waals surface area contributed by atoms with E-state index in [0.29, 0.717) is 18.6 Å². The standard InChI is InChI=1S/C25H22I4N2O9/c1-38-25(37)17(30-19(32)3-2-4-21(34)40-18-10-20(33)31-24(18)36)7-11-5-15(28)23(16(29)6-11)39-12-8-13(26)22(35)14(27)9-12/h5-6,8-10,17,31,33,35-36H,2-4,7H2,1H3,(H,30,32)/t17-/m0/s1. The Labute approximate surface area is 283 Å². The van der Waals surface area contributed by atoms with Crippen LogP contribution in [0.25, 0.3) is 0 Å². The Hall–Kier alpha value is -1.75. The van der Waals surface area contributed by atoms with Gasteiger partial charge in [-0.3, -0.25) is 14.6 Å². The van der Waals surface area contributed by atoms with Gasteiger partial charge in [0.1, 0.15) is 17.5 Å². The van der Waals surface area contributed by atoms with Crippen molar-refractivity contribution < 1.29 is 43.9 Å². The quantitative estimate of drug-likeness (QED) is 0.126. The molecular weight excluding hydrogens is 980 g/mol. The van der Waals surface area contributed by atoms with Gasteiger partial charge in [-0.15, -0.1) is 0 Å². The molecule has 0 aliphatic carbocycles. The predicted molar refractivity (Wildman–Crippen MR) is 177 cm³/mol. The summed E-state index contributed by atoms with van der Waals surface area (Å²) >= 11 is 8.33. The molecule has 2 aromatic carbocycles. The number of hydrogen-bond donors (Lipinski definition) is 5. The van der Waals surface area contributed by atoms with E-state index >= 15 is 0 Å². The Morgan fingerprint density at radius 2 is 1.55 bits per heavy atom. The molecule has 0 fully saturated rings. The number of esters is 2. The summed E-state index contributed by atoms with van der Waals surface area (Å²) in [5, 5.41) is 31.5. The topological polar surface area (TPSA) is 167 Å². The number of rotatable bonds is 11. The molecule has 0 aliphatic rings. The van der Waals surface area contributed by atoms with Crippen molar-refractivity contribution in [2.45, 2.75) is 31.7 Å². The molecule has 0 aliphatic heterocycles. The first kappa shape index (κ1) is 32.8. The molecule has 40 heavy (non-hydrogen) atoms. The average molecular weight is 1000 g/mol. The third-order valence-electron chi connectivity index (χ3n) is 5.29. The number of aromatic amines is 1. The first-order valence-corrected chi connectivity index (χ1v) is 15.7. The fraction of sp³-hybridized carbons (Fsp3) is 0.240. The summed E-state index contributed by atoms with van der Waals surface area (Å²) in [6.07, 6.45) is 0.114. The Bertz CT molecular complexity index is 1380. The van der Waals surface area contributed by atoms with Crippen LogP contribution in [-0.4, -0.2) is 51.3 Å². The SMILES string of the molecule is COC(=O)[C@H](Cc1cc(I)c(Oc2cc(I)c(O)c(I)c2)c(I)c1)NC(=O)CCCC(=O)Oc1cc(O)[nH]c1O. The molecular formula is C25H22I4N2O9. The van der Waals surface area contributed by atoms with Crippen molar-refractivity contribution in [3.05, 3.63) is 50.2 Å². The summed E-state index contributed by atoms with van der Waals surface area (Å²) in [5.41, 5.74) is 0.768. The van der Waals surface area contributed by atoms with Crippen molar-refractivity contribution in [1.82, 2.24) is 10.3 Å². The third-order valence-corrected chi connectivity index (χ3v) is 8.53. The lowest BCUT2D eigenvalue weighted by molar-refractivity contribution is -0.145. The first-order valence-electron chi connectivity index (χ1n) is 11.4. The van der Waals surface area contributed by atoms with Crippen LogP contribution < -0.4 is 14.8 Å². The summed E-state index contributed by atoms with van der Waals surface area (Å²) in [4.78, 5) is 39.1. The highest BCUT2D eigenvalue weighted by Crippen LogP contribution is 2.37. The zero-order valence-corrected chi connectivity index (χ0v) is 29.2. The summed E-state index contributed by atoms with van der Waals surface area (Å²) in [7, 11) is 1.23. The predicted octanol–water partition coefficient (Wildman–Crippen LogP) is 5.32. The van der Waals surface area contributed by atoms with Crippen molar-refractivity contribution in [2.24, 2.45) is 0 Å². The highest BCUT2D eigenvalue weighted by atomic mass is 127. The minimum Gasteiger partial charge on any atom is -0.506 e. The zero-order valence-electron chi connectivity index (χ0n) is 20.6. The van der Waals surface area contributed by atoms with E-state index in [-0.39, 0.29) is 43.1 Å². The number of hydrogen-bond acceptors (Lipinski definition) is 9. The van der Waals surface area contributed by atoms with Crippen molar-refractivity contribution in [2.75, 3.05) is 7.11 Å². The van der Waals surface area contributed by atoms with Crippen LogP contribution in [0.3, 0.4) is 0 Å². The number of phenols is 1. The van der Waals surface area contributed by atoms with Gasteiger partial charge in [-0.2, -0.15) is 0 Å². The van der Waals surface area contributed by atoms with Gasteiger partial charge in [0, 0.05) is 25.3 Å². The maximum Gasteiger partial charge on any atom is 0.328 e. The van der Waals surface area contributed by atoms with Crippen LogP contribution in [0.2, 0.25) is 0 Å². The van der Waals surface area contributed by atoms with E-state index < -0.39 is 29.8 Å². The van der Waals surface area contributed by atoms with Gasteiger partial charge in [0.2, 0.25) is 11.8 Å². The lowest BCUT2D eigenvalue weighted by atomic mass is 10.1. The number of aromatic nitrogens is 1. The summed E-state index contributed by atoms with van der Waals surface area (Å²) in [5.74, 6) is -1.44. The molecule has 15 heteroatoms. The number of halogens is 4. The normalized spacial score (nSPS) is 11.5. The fourth-order valence-corrected chi connectivity index (χ4v) is 7.27. The first-order chi connectivity index (χ1) is 18.9. The Balaban J connectivity index is 1.61. The molecule has 0 saturated heterocycles. The van der Waals surface area contributed by atoms with Gasteiger partial charge in [0.15, 0.2) is 17.4 Å². The number of amides is 1. The lowest BCUT2D eigenvalue weighted by Gasteiger charge is -2.18. The second-order valence-corrected chi connectivity index (χ2v) is 12.9. The van der Waals surface area contributed by atoms with Crippen molar-refractivity contribution in [3.63, 3.8) is 0 Å². The number of phenolic OH excluding ortho intramolecular Hbond substituents is 1. The zero-order chi connectivity index (χ0) is 29.6. The fourth-order valence-electron chi connectivity index (χ4n) is 3.44. The number of ether oxygens (including phenoxy) is 3. The smallest absolute Gasteiger partial charge is 0.328 e. The Morgan fingerprint density at radius 1 is 0.925 bits per heavy atom. The lowest BCUT2D eigenvalue weighted by Crippen LogP contribution is -2.43. The molecule has 11 nitrogen and oxygen atoms in total. The van der Waals surface area contributed by atoms with Crippen LogP contribution in [-0.2, 0) is 25.5 Å². The van der Waals surface area contributed by atoms with Crippen LogP contribution in [0.1, 0.15) is 24.8 Å². The molecule has 1 atom stereocenters. The average Bonchev–Trinajstić information content (AvgIpc) is 3.19. The van der Waals surface area contributed by atoms with Crippen LogP contribution in [0, 0.1) is 14.3 Å². The largest absolute Gasteiger partial charge is 0.506 e. The number of nitrogens with one attached hydrogen (secondary N) is 2. The van der Waals surface area contributed by atoms with E-state index in [9.17, 15) is 29.7 Å². The maximum absolute atomic E-state index is 12.5. The molecule has 0 saturated carbocycles. The van der Waals surface area contributed by atoms with E-state index in [1.807, 2.05) is 57.3 Å². The van der Waals surface area contributed by atoms with Crippen LogP contribution >= 0.6 is 90.4 Å². The van der Waals surface area contributed by atoms with E-state index in [1.54, 1.807) is 12.1 Å². The molecule has 1 amide bonds. The van der Waals surface area contributed by atoms with Crippen molar-refractivity contribution in [3.8, 4) is 34.8 Å². The number of H-pyrrole nitrogens is 1. The van der Waals surface area contributed by atoms with E-state index in [1.165, 1.54) is 7.11 Å². The highest BCUT2D eigenvalue weighted by Gasteiger charge is 2.24. The molecule has 3 aromatic rings. The summed E-state index contributed by atoms with van der Waals surface area (Å²) < 4.78 is 18.8. The second-order valence-electron chi connectivity index (χ2n) is 8.27. The van der Waals surface area contributed by atoms with Crippen LogP contribution in [0.5, 0.6) is 34.8 Å². The van der Waals surface area contributed by atoms with Gasteiger partial charge in [-0.25, -0.2) is 4.79 Å². The van der Waals surface area contributed by atoms with Crippen LogP contribution in [0.4, 0.5) is 0 Å². The molecule has 1 heterocycles. The van der Waals surface area contributed by atoms with Gasteiger partial charge in [-0.05, 0) is 127 Å². The van der Waals surface area contributed by atoms with E-state index in [0.717, 1.165) is 18.8 Å². The molecule has 0 spiro atoms. The van der Waals surface area contributed by atoms with Gasteiger partial charge in [0.25, 0.3) is 0 Å². The number of methoxy groups -OCH3 is 1. The van der Waals surface area contributed by atoms with E-state index in [4.69, 9.17) is 14.2 Å². The number of aromatic hydroxyl groups is 3. The minimum atomic E-state index is -0.956. The molecule has 0 unspecified atom stereocenters. The number of benzene rings is 2. The summed E-state index contributed by atoms with van der Waals surface area (Å²) in [6.45, 7) is 0. The number of carbonyl (C=O) groups is 3. The molecule has 5 N–H and O–H groups in total. The highest BCUT2D eigenvalue weighted by molar-refractivity contribution is 14.1.